The van der Waals surface area contributed by atoms with Gasteiger partial charge >= 0.3 is 5.97 Å². The molecule has 1 aromatic carbocycles. The number of aliphatic carboxylic acids is 1. The van der Waals surface area contributed by atoms with Crippen molar-refractivity contribution in [2.75, 3.05) is 4.72 Å². The zero-order chi connectivity index (χ0) is 19.6. The van der Waals surface area contributed by atoms with E-state index < -0.39 is 16.0 Å². The molecule has 0 aliphatic rings. The van der Waals surface area contributed by atoms with Crippen LogP contribution in [0.15, 0.2) is 47.6 Å². The summed E-state index contributed by atoms with van der Waals surface area (Å²) in [6, 6.07) is 7.36. The third-order valence-electron chi connectivity index (χ3n) is 3.86. The molecule has 0 aliphatic heterocycles. The Morgan fingerprint density at radius 3 is 2.70 bits per heavy atom. The van der Waals surface area contributed by atoms with Crippen molar-refractivity contribution in [1.82, 2.24) is 14.8 Å². The summed E-state index contributed by atoms with van der Waals surface area (Å²) in [5, 5.41) is 13.3. The van der Waals surface area contributed by atoms with Gasteiger partial charge < -0.3 is 5.11 Å². The second kappa shape index (κ2) is 7.16. The van der Waals surface area contributed by atoms with Crippen LogP contribution in [-0.2, 0) is 21.9 Å². The third kappa shape index (κ3) is 4.11. The molecule has 0 amide bonds. The van der Waals surface area contributed by atoms with Crippen LogP contribution in [0.25, 0.3) is 11.0 Å². The minimum atomic E-state index is -3.92. The number of hydrogen-bond acceptors (Lipinski definition) is 6. The monoisotopic (exact) mass is 388 g/mol. The van der Waals surface area contributed by atoms with Crippen molar-refractivity contribution < 1.29 is 23.1 Å². The van der Waals surface area contributed by atoms with Crippen LogP contribution < -0.4 is 4.72 Å². The number of carbonyl (C=O) groups is 2. The molecule has 2 N–H and O–H groups in total. The van der Waals surface area contributed by atoms with Crippen molar-refractivity contribution in [2.24, 2.45) is 7.05 Å². The van der Waals surface area contributed by atoms with E-state index >= 15 is 0 Å². The number of carboxylic acid groups (broad SMARTS) is 1. The second-order valence-corrected chi connectivity index (χ2v) is 7.54. The SMILES string of the molecule is Cn1ncc2cc(S(=O)(=O)Nc3cccc(C(=O)CCC(=O)O)c3)cnc21. The van der Waals surface area contributed by atoms with E-state index in [9.17, 15) is 18.0 Å². The first-order chi connectivity index (χ1) is 12.8. The molecule has 0 saturated heterocycles. The number of nitrogens with one attached hydrogen (secondary N) is 1. The number of benzene rings is 1. The Kier molecular flexibility index (Phi) is 4.91. The van der Waals surface area contributed by atoms with Crippen molar-refractivity contribution in [1.29, 1.82) is 0 Å². The molecule has 2 heterocycles. The summed E-state index contributed by atoms with van der Waals surface area (Å²) in [5.74, 6) is -1.45. The van der Waals surface area contributed by atoms with Gasteiger partial charge in [-0.05, 0) is 18.2 Å². The Morgan fingerprint density at radius 2 is 1.96 bits per heavy atom. The standard InChI is InChI=1S/C17H16N4O5S/c1-21-17-12(9-19-21)8-14(10-18-17)27(25,26)20-13-4-2-3-11(7-13)15(22)5-6-16(23)24/h2-4,7-10,20H,5-6H2,1H3,(H,23,24). The number of rotatable bonds is 7. The van der Waals surface area contributed by atoms with Gasteiger partial charge in [-0.1, -0.05) is 12.1 Å². The summed E-state index contributed by atoms with van der Waals surface area (Å²) in [7, 11) is -2.22. The average molecular weight is 388 g/mol. The summed E-state index contributed by atoms with van der Waals surface area (Å²) in [6.07, 6.45) is 2.30. The number of carbonyl (C=O) groups excluding carboxylic acids is 1. The highest BCUT2D eigenvalue weighted by molar-refractivity contribution is 7.92. The maximum Gasteiger partial charge on any atom is 0.303 e. The van der Waals surface area contributed by atoms with Gasteiger partial charge in [-0.2, -0.15) is 5.10 Å². The minimum Gasteiger partial charge on any atom is -0.481 e. The molecule has 0 bridgehead atoms. The first kappa shape index (κ1) is 18.5. The zero-order valence-electron chi connectivity index (χ0n) is 14.3. The molecular weight excluding hydrogens is 372 g/mol. The van der Waals surface area contributed by atoms with E-state index in [1.54, 1.807) is 7.05 Å². The fourth-order valence-electron chi connectivity index (χ4n) is 2.51. The number of fused-ring (bicyclic) bond motifs is 1. The first-order valence-electron chi connectivity index (χ1n) is 7.92. The van der Waals surface area contributed by atoms with Gasteiger partial charge in [0.1, 0.15) is 4.90 Å². The number of nitrogens with zero attached hydrogens (tertiary/aromatic N) is 3. The Balaban J connectivity index is 1.83. The van der Waals surface area contributed by atoms with E-state index in [-0.39, 0.29) is 34.8 Å². The molecule has 0 aliphatic carbocycles. The molecule has 0 atom stereocenters. The first-order valence-corrected chi connectivity index (χ1v) is 9.40. The Morgan fingerprint density at radius 1 is 1.19 bits per heavy atom. The smallest absolute Gasteiger partial charge is 0.303 e. The molecule has 0 unspecified atom stereocenters. The van der Waals surface area contributed by atoms with E-state index in [0.29, 0.717) is 11.0 Å². The van der Waals surface area contributed by atoms with Crippen LogP contribution in [0.4, 0.5) is 5.69 Å². The maximum absolute atomic E-state index is 12.6. The van der Waals surface area contributed by atoms with Gasteiger partial charge in [0.15, 0.2) is 11.4 Å². The predicted octanol–water partition coefficient (Wildman–Crippen LogP) is 1.82. The number of ketones is 1. The van der Waals surface area contributed by atoms with Gasteiger partial charge in [0, 0.05) is 36.3 Å². The number of sulfonamides is 1. The van der Waals surface area contributed by atoms with Crippen molar-refractivity contribution in [2.45, 2.75) is 17.7 Å². The third-order valence-corrected chi connectivity index (χ3v) is 5.21. The van der Waals surface area contributed by atoms with Gasteiger partial charge in [0.25, 0.3) is 10.0 Å². The zero-order valence-corrected chi connectivity index (χ0v) is 15.1. The predicted molar refractivity (Wildman–Crippen MR) is 97.0 cm³/mol. The van der Waals surface area contributed by atoms with Crippen LogP contribution >= 0.6 is 0 Å². The largest absolute Gasteiger partial charge is 0.481 e. The Labute approximate surface area is 154 Å². The Hall–Kier alpha value is -3.27. The van der Waals surface area contributed by atoms with E-state index in [2.05, 4.69) is 14.8 Å². The topological polar surface area (TPSA) is 131 Å². The second-order valence-electron chi connectivity index (χ2n) is 5.86. The molecule has 3 aromatic rings. The van der Waals surface area contributed by atoms with Crippen LogP contribution in [0.5, 0.6) is 0 Å². The minimum absolute atomic E-state index is 0.0365. The number of anilines is 1. The van der Waals surface area contributed by atoms with E-state index in [4.69, 9.17) is 5.11 Å². The van der Waals surface area contributed by atoms with Crippen LogP contribution in [0.2, 0.25) is 0 Å². The molecule has 9 nitrogen and oxygen atoms in total. The van der Waals surface area contributed by atoms with Crippen molar-refractivity contribution in [3.8, 4) is 0 Å². The van der Waals surface area contributed by atoms with Gasteiger partial charge in [-0.15, -0.1) is 0 Å². The normalized spacial score (nSPS) is 11.4. The van der Waals surface area contributed by atoms with Gasteiger partial charge in [0.05, 0.1) is 12.6 Å². The fraction of sp³-hybridized carbons (Fsp3) is 0.176. The van der Waals surface area contributed by atoms with E-state index in [1.807, 2.05) is 0 Å². The summed E-state index contributed by atoms with van der Waals surface area (Å²) in [5.41, 5.74) is 0.986. The van der Waals surface area contributed by atoms with Crippen molar-refractivity contribution in [3.05, 3.63) is 48.3 Å². The average Bonchev–Trinajstić information content (AvgIpc) is 3.00. The van der Waals surface area contributed by atoms with Crippen molar-refractivity contribution in [3.63, 3.8) is 0 Å². The highest BCUT2D eigenvalue weighted by Gasteiger charge is 2.17. The van der Waals surface area contributed by atoms with Gasteiger partial charge in [-0.25, -0.2) is 13.4 Å². The molecular formula is C17H16N4O5S. The summed E-state index contributed by atoms with van der Waals surface area (Å²) in [4.78, 5) is 26.7. The lowest BCUT2D eigenvalue weighted by Gasteiger charge is -2.09. The highest BCUT2D eigenvalue weighted by Crippen LogP contribution is 2.20. The number of Topliss-reactive ketones (excluding diaryl/α,β-unsaturated/α-hetero) is 1. The molecule has 0 spiro atoms. The van der Waals surface area contributed by atoms with Crippen LogP contribution in [-0.4, -0.2) is 40.0 Å². The Bertz CT molecular complexity index is 1140. The van der Waals surface area contributed by atoms with Crippen LogP contribution in [0.3, 0.4) is 0 Å². The number of pyridine rings is 1. The molecule has 3 rings (SSSR count). The molecule has 27 heavy (non-hydrogen) atoms. The van der Waals surface area contributed by atoms with E-state index in [1.165, 1.54) is 47.4 Å². The molecule has 10 heteroatoms. The lowest BCUT2D eigenvalue weighted by atomic mass is 10.1. The van der Waals surface area contributed by atoms with Gasteiger partial charge in [0.2, 0.25) is 0 Å². The molecule has 0 saturated carbocycles. The number of aryl methyl sites for hydroxylation is 1. The molecule has 0 radical (unpaired) electrons. The molecule has 0 fully saturated rings. The van der Waals surface area contributed by atoms with E-state index in [0.717, 1.165) is 0 Å². The molecule has 2 aromatic heterocycles. The lowest BCUT2D eigenvalue weighted by molar-refractivity contribution is -0.136. The summed E-state index contributed by atoms with van der Waals surface area (Å²) >= 11 is 0. The highest BCUT2D eigenvalue weighted by atomic mass is 32.2. The number of aromatic nitrogens is 3. The summed E-state index contributed by atoms with van der Waals surface area (Å²) in [6.45, 7) is 0. The fourth-order valence-corrected chi connectivity index (χ4v) is 3.53. The van der Waals surface area contributed by atoms with Crippen molar-refractivity contribution >= 4 is 38.5 Å². The maximum atomic E-state index is 12.6. The lowest BCUT2D eigenvalue weighted by Crippen LogP contribution is -2.14. The number of carboxylic acids is 1. The molecule has 140 valence electrons. The van der Waals surface area contributed by atoms with Crippen LogP contribution in [0, 0.1) is 0 Å². The summed E-state index contributed by atoms with van der Waals surface area (Å²) < 4.78 is 29.2. The van der Waals surface area contributed by atoms with Crippen LogP contribution in [0.1, 0.15) is 23.2 Å². The number of hydrogen-bond donors (Lipinski definition) is 2. The van der Waals surface area contributed by atoms with Gasteiger partial charge in [-0.3, -0.25) is 19.0 Å². The quantitative estimate of drug-likeness (QED) is 0.590.